The molecule has 0 radical (unpaired) electrons. The number of hydrogen-bond acceptors (Lipinski definition) is 8. The van der Waals surface area contributed by atoms with E-state index in [1.165, 1.54) is 24.3 Å². The molecular formula is C26H30O10. The summed E-state index contributed by atoms with van der Waals surface area (Å²) in [4.78, 5) is 43.2. The Morgan fingerprint density at radius 3 is 1.19 bits per heavy atom. The highest BCUT2D eigenvalue weighted by Gasteiger charge is 2.19. The topological polar surface area (TPSA) is 168 Å². The van der Waals surface area contributed by atoms with Crippen molar-refractivity contribution in [3.8, 4) is 0 Å². The van der Waals surface area contributed by atoms with Crippen molar-refractivity contribution >= 4 is 23.9 Å². The van der Waals surface area contributed by atoms with Crippen molar-refractivity contribution in [2.24, 2.45) is 11.8 Å². The first-order chi connectivity index (χ1) is 17.2. The Morgan fingerprint density at radius 2 is 0.944 bits per heavy atom. The van der Waals surface area contributed by atoms with Crippen molar-refractivity contribution in [1.29, 1.82) is 0 Å². The van der Waals surface area contributed by atoms with Gasteiger partial charge in [-0.2, -0.15) is 0 Å². The van der Waals surface area contributed by atoms with Gasteiger partial charge in [0.1, 0.15) is 13.2 Å². The number of benzene rings is 2. The highest BCUT2D eigenvalue weighted by Crippen LogP contribution is 2.27. The third-order valence-electron chi connectivity index (χ3n) is 5.77. The first-order valence-electron chi connectivity index (χ1n) is 11.5. The summed E-state index contributed by atoms with van der Waals surface area (Å²) < 4.78 is 9.66. The monoisotopic (exact) mass is 502 g/mol. The maximum absolute atomic E-state index is 11.3. The zero-order valence-electron chi connectivity index (χ0n) is 19.7. The predicted molar refractivity (Wildman–Crippen MR) is 127 cm³/mol. The molecule has 0 amide bonds. The zero-order chi connectivity index (χ0) is 26.5. The number of hydrogen-bond donors (Lipinski definition) is 4. The number of carbonyl (C=O) groups is 4. The summed E-state index contributed by atoms with van der Waals surface area (Å²) in [6, 6.07) is 11.2. The number of ether oxygens (including phenoxy) is 2. The van der Waals surface area contributed by atoms with E-state index in [4.69, 9.17) is 29.9 Å². The van der Waals surface area contributed by atoms with Gasteiger partial charge in [-0.05, 0) is 86.1 Å². The van der Waals surface area contributed by atoms with Crippen LogP contribution in [0.4, 0.5) is 0 Å². The van der Waals surface area contributed by atoms with Crippen LogP contribution in [0, 0.1) is 11.8 Å². The molecule has 2 aromatic rings. The Morgan fingerprint density at radius 1 is 0.639 bits per heavy atom. The van der Waals surface area contributed by atoms with Crippen molar-refractivity contribution in [2.45, 2.75) is 25.7 Å². The molecule has 0 saturated heterocycles. The Balaban J connectivity index is 0.000000193. The largest absolute Gasteiger partial charge is 0.478 e. The van der Waals surface area contributed by atoms with Crippen LogP contribution in [0.15, 0.2) is 48.5 Å². The van der Waals surface area contributed by atoms with E-state index in [2.05, 4.69) is 0 Å². The van der Waals surface area contributed by atoms with Gasteiger partial charge in [0.15, 0.2) is 0 Å². The molecular weight excluding hydrogens is 472 g/mol. The zero-order valence-corrected chi connectivity index (χ0v) is 19.7. The maximum Gasteiger partial charge on any atom is 0.338 e. The first-order valence-corrected chi connectivity index (χ1v) is 11.5. The van der Waals surface area contributed by atoms with Gasteiger partial charge in [-0.3, -0.25) is 0 Å². The predicted octanol–water partition coefficient (Wildman–Crippen LogP) is 2.87. The molecule has 2 heterocycles. The van der Waals surface area contributed by atoms with Crippen LogP contribution >= 0.6 is 0 Å². The van der Waals surface area contributed by atoms with Crippen molar-refractivity contribution in [1.82, 2.24) is 0 Å². The van der Waals surface area contributed by atoms with Crippen LogP contribution in [0.25, 0.3) is 0 Å². The molecule has 2 bridgehead atoms. The van der Waals surface area contributed by atoms with Crippen molar-refractivity contribution in [2.75, 3.05) is 26.4 Å². The van der Waals surface area contributed by atoms with E-state index in [0.29, 0.717) is 36.2 Å². The third-order valence-corrected chi connectivity index (χ3v) is 5.77. The average molecular weight is 503 g/mol. The molecule has 5 rings (SSSR count). The number of rotatable bonds is 4. The van der Waals surface area contributed by atoms with E-state index in [9.17, 15) is 19.2 Å². The third kappa shape index (κ3) is 9.12. The second-order valence-corrected chi connectivity index (χ2v) is 8.29. The molecule has 10 heteroatoms. The van der Waals surface area contributed by atoms with Gasteiger partial charge in [0, 0.05) is 13.2 Å². The lowest BCUT2D eigenvalue weighted by molar-refractivity contribution is 0.0260. The minimum atomic E-state index is -1.06. The van der Waals surface area contributed by atoms with E-state index in [0.717, 1.165) is 25.7 Å². The lowest BCUT2D eigenvalue weighted by Gasteiger charge is -2.25. The minimum absolute atomic E-state index is 0.0833. The fraction of sp³-hybridized carbons (Fsp3) is 0.385. The van der Waals surface area contributed by atoms with Gasteiger partial charge in [-0.15, -0.1) is 0 Å². The number of fused-ring (bicyclic) bond motifs is 7. The molecule has 2 aromatic carbocycles. The first kappa shape index (κ1) is 28.5. The Labute approximate surface area is 208 Å². The van der Waals surface area contributed by atoms with E-state index in [1.807, 2.05) is 0 Å². The van der Waals surface area contributed by atoms with Crippen LogP contribution in [0.3, 0.4) is 0 Å². The molecule has 1 aliphatic carbocycles. The lowest BCUT2D eigenvalue weighted by Crippen LogP contribution is -2.19. The van der Waals surface area contributed by atoms with Gasteiger partial charge in [-0.25, -0.2) is 19.2 Å². The van der Waals surface area contributed by atoms with Crippen LogP contribution < -0.4 is 0 Å². The summed E-state index contributed by atoms with van der Waals surface area (Å²) in [7, 11) is 0. The molecule has 1 saturated carbocycles. The van der Waals surface area contributed by atoms with Crippen LogP contribution in [-0.2, 0) is 9.47 Å². The summed E-state index contributed by atoms with van der Waals surface area (Å²) >= 11 is 0. The number of esters is 2. The molecule has 1 fully saturated rings. The van der Waals surface area contributed by atoms with Crippen LogP contribution in [0.1, 0.15) is 67.1 Å². The number of carboxylic acid groups (broad SMARTS) is 2. The van der Waals surface area contributed by atoms with Gasteiger partial charge in [0.25, 0.3) is 0 Å². The fourth-order valence-electron chi connectivity index (χ4n) is 3.53. The highest BCUT2D eigenvalue weighted by atomic mass is 16.6. The Hall–Kier alpha value is -3.76. The molecule has 2 aliphatic heterocycles. The lowest BCUT2D eigenvalue weighted by atomic mass is 9.83. The van der Waals surface area contributed by atoms with Crippen LogP contribution in [0.5, 0.6) is 0 Å². The van der Waals surface area contributed by atoms with Crippen LogP contribution in [0.2, 0.25) is 0 Å². The van der Waals surface area contributed by atoms with Gasteiger partial charge >= 0.3 is 23.9 Å². The number of aliphatic hydroxyl groups excluding tert-OH is 2. The molecule has 0 spiro atoms. The van der Waals surface area contributed by atoms with Crippen molar-refractivity contribution in [3.05, 3.63) is 70.8 Å². The summed E-state index contributed by atoms with van der Waals surface area (Å²) in [6.45, 7) is 0.863. The Kier molecular flexibility index (Phi) is 11.5. The molecule has 0 aromatic heterocycles. The molecule has 36 heavy (non-hydrogen) atoms. The molecule has 10 nitrogen and oxygen atoms in total. The number of carboxylic acids is 2. The van der Waals surface area contributed by atoms with Crippen molar-refractivity contribution < 1.29 is 49.1 Å². The van der Waals surface area contributed by atoms with E-state index < -0.39 is 23.9 Å². The molecule has 0 atom stereocenters. The second kappa shape index (κ2) is 14.6. The second-order valence-electron chi connectivity index (χ2n) is 8.29. The van der Waals surface area contributed by atoms with E-state index in [1.54, 1.807) is 24.3 Å². The van der Waals surface area contributed by atoms with E-state index >= 15 is 0 Å². The molecule has 194 valence electrons. The summed E-state index contributed by atoms with van der Waals surface area (Å²) in [5.41, 5.74) is 1.06. The SMILES string of the molecule is O=C(O)c1ccc(C(=O)O)cc1.O=C1OCCOC(=O)c2ccc1cc2.OCC1CCC(CO)CC1. The van der Waals surface area contributed by atoms with Crippen molar-refractivity contribution in [3.63, 3.8) is 0 Å². The Bertz CT molecular complexity index is 924. The smallest absolute Gasteiger partial charge is 0.338 e. The minimum Gasteiger partial charge on any atom is -0.478 e. The average Bonchev–Trinajstić information content (AvgIpc) is 2.91. The quantitative estimate of drug-likeness (QED) is 0.456. The summed E-state index contributed by atoms with van der Waals surface area (Å²) in [6.07, 6.45) is 4.40. The van der Waals surface area contributed by atoms with Gasteiger partial charge in [-0.1, -0.05) is 0 Å². The standard InChI is InChI=1S/C10H8O4.C8H6O4.C8H16O2/c11-9-7-1-2-8(4-3-7)10(12)14-6-5-13-9;9-7(10)5-1-2-6(4-3-5)8(11)12;9-5-7-1-2-8(6-10)4-3-7/h1-4H,5-6H2;1-4H,(H,9,10)(H,11,12);7-10H,1-6H2. The highest BCUT2D eigenvalue weighted by molar-refractivity contribution is 5.93. The molecule has 4 N–H and O–H groups in total. The maximum atomic E-state index is 11.3. The van der Waals surface area contributed by atoms with E-state index in [-0.39, 0.29) is 24.3 Å². The number of aliphatic hydroxyl groups is 2. The fourth-order valence-corrected chi connectivity index (χ4v) is 3.53. The van der Waals surface area contributed by atoms with Gasteiger partial charge < -0.3 is 29.9 Å². The van der Waals surface area contributed by atoms with Gasteiger partial charge in [0.05, 0.1) is 22.3 Å². The summed E-state index contributed by atoms with van der Waals surface area (Å²) in [5.74, 6) is -1.88. The number of aromatic carboxylic acids is 2. The summed E-state index contributed by atoms with van der Waals surface area (Å²) in [5, 5.41) is 34.5. The van der Waals surface area contributed by atoms with Crippen LogP contribution in [-0.4, -0.2) is 70.7 Å². The molecule has 3 aliphatic rings. The van der Waals surface area contributed by atoms with Gasteiger partial charge in [0.2, 0.25) is 0 Å². The normalized spacial score (nSPS) is 18.8. The number of carbonyl (C=O) groups excluding carboxylic acids is 2. The molecule has 0 unspecified atom stereocenters.